The smallest absolute Gasteiger partial charge is 0.211 e. The van der Waals surface area contributed by atoms with Crippen LogP contribution < -0.4 is 5.32 Å². The summed E-state index contributed by atoms with van der Waals surface area (Å²) in [7, 11) is 0. The average molecular weight is 416 g/mol. The second-order valence-electron chi connectivity index (χ2n) is 6.35. The Kier molecular flexibility index (Phi) is 5.01. The molecular weight excluding hydrogens is 398 g/mol. The van der Waals surface area contributed by atoms with E-state index in [1.807, 2.05) is 36.9 Å². The Morgan fingerprint density at radius 2 is 2.00 bits per heavy atom. The van der Waals surface area contributed by atoms with Crippen molar-refractivity contribution in [1.82, 2.24) is 29.8 Å². The van der Waals surface area contributed by atoms with Gasteiger partial charge in [-0.2, -0.15) is 10.2 Å². The van der Waals surface area contributed by atoms with Gasteiger partial charge in [-0.25, -0.2) is 0 Å². The van der Waals surface area contributed by atoms with Crippen LogP contribution in [0.15, 0.2) is 36.5 Å². The molecule has 0 spiro atoms. The maximum atomic E-state index is 9.97. The van der Waals surface area contributed by atoms with Crippen molar-refractivity contribution in [2.75, 3.05) is 5.32 Å². The Morgan fingerprint density at radius 3 is 2.75 bits per heavy atom. The summed E-state index contributed by atoms with van der Waals surface area (Å²) < 4.78 is 3.60. The van der Waals surface area contributed by atoms with Gasteiger partial charge in [0.05, 0.1) is 18.8 Å². The van der Waals surface area contributed by atoms with Gasteiger partial charge >= 0.3 is 0 Å². The number of rotatable bonds is 6. The van der Waals surface area contributed by atoms with Crippen LogP contribution >= 0.6 is 22.9 Å². The third-order valence-corrected chi connectivity index (χ3v) is 5.32. The van der Waals surface area contributed by atoms with Gasteiger partial charge in [0, 0.05) is 28.5 Å². The summed E-state index contributed by atoms with van der Waals surface area (Å²) in [6, 6.07) is 8.91. The van der Waals surface area contributed by atoms with E-state index in [0.29, 0.717) is 34.6 Å². The van der Waals surface area contributed by atoms with Crippen molar-refractivity contribution in [3.8, 4) is 5.75 Å². The molecular formula is C18H18ClN7OS. The summed E-state index contributed by atoms with van der Waals surface area (Å²) in [4.78, 5) is 0. The lowest BCUT2D eigenvalue weighted by atomic mass is 10.2. The molecule has 3 heterocycles. The van der Waals surface area contributed by atoms with Gasteiger partial charge in [-0.3, -0.25) is 9.36 Å². The zero-order chi connectivity index (χ0) is 19.7. The highest BCUT2D eigenvalue weighted by molar-refractivity contribution is 7.15. The lowest BCUT2D eigenvalue weighted by Gasteiger charge is -2.06. The molecule has 2 N–H and O–H groups in total. The molecule has 0 bridgehead atoms. The predicted octanol–water partition coefficient (Wildman–Crippen LogP) is 3.75. The molecule has 0 aliphatic rings. The van der Waals surface area contributed by atoms with Gasteiger partial charge < -0.3 is 10.4 Å². The number of aryl methyl sites for hydroxylation is 2. The average Bonchev–Trinajstić information content (AvgIpc) is 3.34. The van der Waals surface area contributed by atoms with Gasteiger partial charge in [0.1, 0.15) is 10.8 Å². The molecule has 0 aliphatic heterocycles. The minimum Gasteiger partial charge on any atom is -0.508 e. The summed E-state index contributed by atoms with van der Waals surface area (Å²) in [5.41, 5.74) is 2.70. The normalized spacial score (nSPS) is 11.1. The van der Waals surface area contributed by atoms with Crippen molar-refractivity contribution in [3.63, 3.8) is 0 Å². The molecule has 144 valence electrons. The van der Waals surface area contributed by atoms with Crippen LogP contribution in [0.1, 0.15) is 22.0 Å². The van der Waals surface area contributed by atoms with E-state index < -0.39 is 0 Å². The van der Waals surface area contributed by atoms with Crippen molar-refractivity contribution in [1.29, 1.82) is 0 Å². The van der Waals surface area contributed by atoms with Gasteiger partial charge in [-0.15, -0.1) is 10.2 Å². The van der Waals surface area contributed by atoms with Gasteiger partial charge in [0.15, 0.2) is 5.82 Å². The van der Waals surface area contributed by atoms with E-state index >= 15 is 0 Å². The van der Waals surface area contributed by atoms with E-state index in [2.05, 4.69) is 25.7 Å². The third-order valence-electron chi connectivity index (χ3n) is 4.15. The first kappa shape index (κ1) is 18.5. The second-order valence-corrected chi connectivity index (χ2v) is 7.82. The van der Waals surface area contributed by atoms with E-state index in [1.165, 1.54) is 11.3 Å². The van der Waals surface area contributed by atoms with Crippen LogP contribution in [0.2, 0.25) is 5.02 Å². The second kappa shape index (κ2) is 7.61. The quantitative estimate of drug-likeness (QED) is 0.498. The van der Waals surface area contributed by atoms with Crippen LogP contribution in [0.5, 0.6) is 5.75 Å². The summed E-state index contributed by atoms with van der Waals surface area (Å²) >= 11 is 7.61. The molecule has 0 saturated carbocycles. The monoisotopic (exact) mass is 415 g/mol. The van der Waals surface area contributed by atoms with Crippen molar-refractivity contribution in [2.24, 2.45) is 0 Å². The molecule has 0 aliphatic carbocycles. The molecule has 0 atom stereocenters. The summed E-state index contributed by atoms with van der Waals surface area (Å²) in [6.07, 6.45) is 1.81. The molecule has 0 radical (unpaired) electrons. The van der Waals surface area contributed by atoms with Crippen molar-refractivity contribution >= 4 is 33.9 Å². The first-order valence-electron chi connectivity index (χ1n) is 8.58. The number of phenolic OH excluding ortho intramolecular Hbond substituents is 1. The van der Waals surface area contributed by atoms with Crippen LogP contribution in [-0.4, -0.2) is 34.9 Å². The van der Waals surface area contributed by atoms with Crippen molar-refractivity contribution in [3.05, 3.63) is 63.5 Å². The number of hydrogen-bond acceptors (Lipinski definition) is 7. The zero-order valence-electron chi connectivity index (χ0n) is 15.3. The Hall–Kier alpha value is -2.91. The van der Waals surface area contributed by atoms with Crippen molar-refractivity contribution in [2.45, 2.75) is 26.9 Å². The summed E-state index contributed by atoms with van der Waals surface area (Å²) in [6.45, 7) is 4.94. The number of halogens is 1. The minimum absolute atomic E-state index is 0.149. The molecule has 10 heteroatoms. The van der Waals surface area contributed by atoms with Crippen LogP contribution in [0.4, 0.5) is 10.9 Å². The number of phenols is 1. The van der Waals surface area contributed by atoms with Gasteiger partial charge in [-0.1, -0.05) is 29.0 Å². The maximum Gasteiger partial charge on any atom is 0.211 e. The fraction of sp³-hybridized carbons (Fsp3) is 0.222. The molecule has 1 aromatic carbocycles. The fourth-order valence-electron chi connectivity index (χ4n) is 2.82. The number of benzene rings is 1. The number of hydrogen-bond donors (Lipinski definition) is 2. The van der Waals surface area contributed by atoms with Crippen molar-refractivity contribution < 1.29 is 5.11 Å². The molecule has 28 heavy (non-hydrogen) atoms. The Balaban J connectivity index is 1.43. The lowest BCUT2D eigenvalue weighted by molar-refractivity contribution is 0.464. The number of nitrogens with one attached hydrogen (secondary N) is 1. The minimum atomic E-state index is 0.149. The maximum absolute atomic E-state index is 9.97. The first-order valence-corrected chi connectivity index (χ1v) is 9.77. The molecule has 0 fully saturated rings. The number of nitrogens with zero attached hydrogens (tertiary/aromatic N) is 6. The van der Waals surface area contributed by atoms with E-state index in [0.717, 1.165) is 16.4 Å². The highest BCUT2D eigenvalue weighted by Crippen LogP contribution is 2.26. The number of anilines is 2. The zero-order valence-corrected chi connectivity index (χ0v) is 16.9. The van der Waals surface area contributed by atoms with E-state index in [4.69, 9.17) is 11.6 Å². The Labute approximate surface area is 170 Å². The van der Waals surface area contributed by atoms with Crippen LogP contribution in [0, 0.1) is 13.8 Å². The highest BCUT2D eigenvalue weighted by atomic mass is 35.5. The molecule has 0 amide bonds. The van der Waals surface area contributed by atoms with Crippen LogP contribution in [0.25, 0.3) is 0 Å². The molecule has 0 saturated heterocycles. The molecule has 8 nitrogen and oxygen atoms in total. The third kappa shape index (κ3) is 4.00. The summed E-state index contributed by atoms with van der Waals surface area (Å²) in [5, 5.41) is 32.4. The lowest BCUT2D eigenvalue weighted by Crippen LogP contribution is -2.03. The van der Waals surface area contributed by atoms with Crippen LogP contribution in [-0.2, 0) is 13.1 Å². The standard InChI is InChI=1S/C18H18ClN7OS/c1-11-8-12(2)26(23-11)10-17-21-22-18(28-17)20-16-6-7-25(24-16)9-13-14(19)4-3-5-15(13)27/h3-8,27H,9-10H2,1-2H3,(H,20,22,24). The van der Waals surface area contributed by atoms with Gasteiger partial charge in [-0.05, 0) is 32.0 Å². The fourth-order valence-corrected chi connectivity index (χ4v) is 3.78. The Bertz CT molecular complexity index is 1100. The molecule has 4 aromatic rings. The number of aromatic nitrogens is 6. The van der Waals surface area contributed by atoms with Crippen LogP contribution in [0.3, 0.4) is 0 Å². The predicted molar refractivity (Wildman–Crippen MR) is 108 cm³/mol. The topological polar surface area (TPSA) is 93.7 Å². The Morgan fingerprint density at radius 1 is 1.14 bits per heavy atom. The number of aromatic hydroxyl groups is 1. The van der Waals surface area contributed by atoms with Gasteiger partial charge in [0.2, 0.25) is 5.13 Å². The SMILES string of the molecule is Cc1cc(C)n(Cc2nnc(Nc3ccn(Cc4c(O)cccc4Cl)n3)s2)n1. The van der Waals surface area contributed by atoms with Gasteiger partial charge in [0.25, 0.3) is 0 Å². The molecule has 4 rings (SSSR count). The first-order chi connectivity index (χ1) is 13.5. The molecule has 0 unspecified atom stereocenters. The summed E-state index contributed by atoms with van der Waals surface area (Å²) in [5.74, 6) is 0.788. The molecule has 3 aromatic heterocycles. The van der Waals surface area contributed by atoms with E-state index in [9.17, 15) is 5.11 Å². The highest BCUT2D eigenvalue weighted by Gasteiger charge is 2.11. The van der Waals surface area contributed by atoms with E-state index in [1.54, 1.807) is 22.9 Å². The largest absolute Gasteiger partial charge is 0.508 e. The van der Waals surface area contributed by atoms with E-state index in [-0.39, 0.29) is 5.75 Å².